The first kappa shape index (κ1) is 24.1. The Morgan fingerprint density at radius 3 is 2.57 bits per heavy atom. The van der Waals surface area contributed by atoms with E-state index >= 15 is 0 Å². The lowest BCUT2D eigenvalue weighted by molar-refractivity contribution is 0.102. The molecule has 9 nitrogen and oxygen atoms in total. The van der Waals surface area contributed by atoms with Gasteiger partial charge in [0, 0.05) is 29.7 Å². The number of carbonyl (C=O) groups is 1. The van der Waals surface area contributed by atoms with Gasteiger partial charge in [0.2, 0.25) is 0 Å². The predicted molar refractivity (Wildman–Crippen MR) is 140 cm³/mol. The molecule has 35 heavy (non-hydrogen) atoms. The molecule has 1 amide bonds. The van der Waals surface area contributed by atoms with Crippen LogP contribution in [0.3, 0.4) is 0 Å². The molecule has 1 fully saturated rings. The summed E-state index contributed by atoms with van der Waals surface area (Å²) in [5, 5.41) is 10.4. The summed E-state index contributed by atoms with van der Waals surface area (Å²) in [6.45, 7) is 3.82. The van der Waals surface area contributed by atoms with E-state index in [1.165, 1.54) is 11.8 Å². The van der Waals surface area contributed by atoms with Gasteiger partial charge in [0.15, 0.2) is 11.0 Å². The number of hydrogen-bond donors (Lipinski definition) is 3. The summed E-state index contributed by atoms with van der Waals surface area (Å²) < 4.78 is 5.28. The first-order valence-corrected chi connectivity index (χ1v) is 11.9. The molecule has 1 aliphatic rings. The van der Waals surface area contributed by atoms with E-state index in [9.17, 15) is 4.79 Å². The molecular formula is C25H27N7O2S. The van der Waals surface area contributed by atoms with E-state index in [1.54, 1.807) is 31.4 Å². The molecule has 3 aromatic rings. The van der Waals surface area contributed by atoms with Gasteiger partial charge in [-0.1, -0.05) is 18.2 Å². The third kappa shape index (κ3) is 6.10. The Hall–Kier alpha value is -4.05. The van der Waals surface area contributed by atoms with Crippen LogP contribution in [0.1, 0.15) is 23.7 Å². The number of nitrogens with two attached hydrogens (primary N) is 1. The van der Waals surface area contributed by atoms with Gasteiger partial charge < -0.3 is 26.1 Å². The van der Waals surface area contributed by atoms with Gasteiger partial charge in [-0.15, -0.1) is 0 Å². The normalized spacial score (nSPS) is 13.4. The number of para-hydroxylation sites is 1. The number of allylic oxidation sites excluding steroid dienone is 1. The maximum absolute atomic E-state index is 12.7. The predicted octanol–water partition coefficient (Wildman–Crippen LogP) is 4.36. The van der Waals surface area contributed by atoms with E-state index in [2.05, 4.69) is 25.6 Å². The maximum atomic E-state index is 12.7. The van der Waals surface area contributed by atoms with Gasteiger partial charge in [-0.2, -0.15) is 5.10 Å². The lowest BCUT2D eigenvalue weighted by Crippen LogP contribution is -2.37. The van der Waals surface area contributed by atoms with Crippen LogP contribution in [0.5, 0.6) is 5.75 Å². The van der Waals surface area contributed by atoms with Crippen LogP contribution in [0.25, 0.3) is 0 Å². The first-order chi connectivity index (χ1) is 17.1. The quantitative estimate of drug-likeness (QED) is 0.140. The molecule has 2 heterocycles. The number of aromatic nitrogens is 2. The maximum Gasteiger partial charge on any atom is 0.259 e. The van der Waals surface area contributed by atoms with Crippen LogP contribution in [0.2, 0.25) is 0 Å². The van der Waals surface area contributed by atoms with Crippen molar-refractivity contribution in [2.45, 2.75) is 23.4 Å². The number of anilines is 3. The molecule has 1 aromatic heterocycles. The molecule has 0 aliphatic carbocycles. The monoisotopic (exact) mass is 489 g/mol. The van der Waals surface area contributed by atoms with Gasteiger partial charge in [0.05, 0.1) is 12.7 Å². The van der Waals surface area contributed by atoms with Gasteiger partial charge >= 0.3 is 0 Å². The molecule has 2 aromatic carbocycles. The summed E-state index contributed by atoms with van der Waals surface area (Å²) >= 11 is 1.44. The zero-order valence-corrected chi connectivity index (χ0v) is 20.4. The average molecular weight is 490 g/mol. The van der Waals surface area contributed by atoms with Crippen molar-refractivity contribution in [2.24, 2.45) is 10.9 Å². The number of benzene rings is 2. The van der Waals surface area contributed by atoms with E-state index in [1.807, 2.05) is 49.4 Å². The zero-order valence-electron chi connectivity index (χ0n) is 19.6. The SMILES string of the molecule is C/C=C/C(=N\N)Nc1cc(N2CCC2)nc(Sc2ccc(NC(=O)c3ccccc3OC)cc2)n1. The van der Waals surface area contributed by atoms with Crippen molar-refractivity contribution >= 4 is 40.8 Å². The van der Waals surface area contributed by atoms with Crippen molar-refractivity contribution in [3.8, 4) is 5.75 Å². The van der Waals surface area contributed by atoms with Gasteiger partial charge in [0.1, 0.15) is 17.4 Å². The lowest BCUT2D eigenvalue weighted by Gasteiger charge is -2.32. The topological polar surface area (TPSA) is 118 Å². The Labute approximate surface area is 208 Å². The Morgan fingerprint density at radius 1 is 1.14 bits per heavy atom. The molecule has 0 saturated carbocycles. The van der Waals surface area contributed by atoms with Gasteiger partial charge in [-0.05, 0) is 67.6 Å². The average Bonchev–Trinajstić information content (AvgIpc) is 2.83. The minimum Gasteiger partial charge on any atom is -0.496 e. The molecule has 1 aliphatic heterocycles. The minimum absolute atomic E-state index is 0.234. The number of ether oxygens (including phenoxy) is 1. The van der Waals surface area contributed by atoms with Crippen LogP contribution in [0.4, 0.5) is 17.3 Å². The first-order valence-electron chi connectivity index (χ1n) is 11.1. The lowest BCUT2D eigenvalue weighted by atomic mass is 10.2. The number of rotatable bonds is 8. The van der Waals surface area contributed by atoms with Crippen molar-refractivity contribution in [3.63, 3.8) is 0 Å². The summed E-state index contributed by atoms with van der Waals surface area (Å²) in [6, 6.07) is 16.5. The van der Waals surface area contributed by atoms with E-state index in [0.717, 1.165) is 30.2 Å². The van der Waals surface area contributed by atoms with Crippen LogP contribution in [-0.4, -0.2) is 41.9 Å². The second-order valence-electron chi connectivity index (χ2n) is 7.65. The third-order valence-corrected chi connectivity index (χ3v) is 6.14. The van der Waals surface area contributed by atoms with Gasteiger partial charge in [-0.3, -0.25) is 4.79 Å². The van der Waals surface area contributed by atoms with E-state index in [-0.39, 0.29) is 5.91 Å². The molecule has 4 rings (SSSR count). The number of methoxy groups -OCH3 is 1. The van der Waals surface area contributed by atoms with E-state index in [4.69, 9.17) is 15.6 Å². The van der Waals surface area contributed by atoms with Crippen LogP contribution < -0.4 is 26.1 Å². The fourth-order valence-corrected chi connectivity index (χ4v) is 4.14. The molecule has 0 bridgehead atoms. The fraction of sp³-hybridized carbons (Fsp3) is 0.200. The highest BCUT2D eigenvalue weighted by molar-refractivity contribution is 7.99. The van der Waals surface area contributed by atoms with E-state index in [0.29, 0.717) is 33.8 Å². The van der Waals surface area contributed by atoms with Gasteiger partial charge in [-0.25, -0.2) is 9.97 Å². The van der Waals surface area contributed by atoms with Crippen LogP contribution in [0.15, 0.2) is 81.9 Å². The molecule has 4 N–H and O–H groups in total. The number of hydrazone groups is 1. The molecule has 0 spiro atoms. The van der Waals surface area contributed by atoms with Crippen molar-refractivity contribution in [3.05, 3.63) is 72.3 Å². The molecule has 0 unspecified atom stereocenters. The molecule has 180 valence electrons. The number of amidine groups is 1. The number of amides is 1. The van der Waals surface area contributed by atoms with Crippen molar-refractivity contribution in [2.75, 3.05) is 35.7 Å². The van der Waals surface area contributed by atoms with E-state index < -0.39 is 0 Å². The van der Waals surface area contributed by atoms with Crippen LogP contribution in [0, 0.1) is 0 Å². The number of nitrogens with zero attached hydrogens (tertiary/aromatic N) is 4. The Morgan fingerprint density at radius 2 is 1.91 bits per heavy atom. The summed E-state index contributed by atoms with van der Waals surface area (Å²) in [6.07, 6.45) is 4.77. The Kier molecular flexibility index (Phi) is 7.84. The summed E-state index contributed by atoms with van der Waals surface area (Å²) in [5.41, 5.74) is 1.15. The number of carbonyl (C=O) groups excluding carboxylic acids is 1. The largest absolute Gasteiger partial charge is 0.496 e. The zero-order chi connectivity index (χ0) is 24.6. The van der Waals surface area contributed by atoms with Crippen LogP contribution >= 0.6 is 11.8 Å². The van der Waals surface area contributed by atoms with Crippen LogP contribution in [-0.2, 0) is 0 Å². The van der Waals surface area contributed by atoms with Gasteiger partial charge in [0.25, 0.3) is 5.91 Å². The molecule has 1 saturated heterocycles. The highest BCUT2D eigenvalue weighted by Gasteiger charge is 2.19. The smallest absolute Gasteiger partial charge is 0.259 e. The highest BCUT2D eigenvalue weighted by Crippen LogP contribution is 2.30. The third-order valence-electron chi connectivity index (χ3n) is 5.26. The van der Waals surface area contributed by atoms with Crippen molar-refractivity contribution in [1.82, 2.24) is 9.97 Å². The Balaban J connectivity index is 1.49. The van der Waals surface area contributed by atoms with Crippen molar-refractivity contribution in [1.29, 1.82) is 0 Å². The highest BCUT2D eigenvalue weighted by atomic mass is 32.2. The fourth-order valence-electron chi connectivity index (χ4n) is 3.38. The molecular weight excluding hydrogens is 462 g/mol. The molecule has 0 atom stereocenters. The summed E-state index contributed by atoms with van der Waals surface area (Å²) in [5.74, 6) is 7.76. The summed E-state index contributed by atoms with van der Waals surface area (Å²) in [4.78, 5) is 25.1. The molecule has 0 radical (unpaired) electrons. The Bertz CT molecular complexity index is 1240. The second kappa shape index (κ2) is 11.4. The van der Waals surface area contributed by atoms with Crippen molar-refractivity contribution < 1.29 is 9.53 Å². The molecule has 10 heteroatoms. The number of nitrogens with one attached hydrogen (secondary N) is 2. The second-order valence-corrected chi connectivity index (χ2v) is 8.70. The summed E-state index contributed by atoms with van der Waals surface area (Å²) in [7, 11) is 1.54. The minimum atomic E-state index is -0.234. The number of hydrogen-bond acceptors (Lipinski definition) is 8. The standard InChI is InChI=1S/C25H27N7O2S/c1-3-7-21(31-26)28-22-16-23(32-14-6-15-32)30-25(29-22)35-18-12-10-17(11-13-18)27-24(33)19-8-4-5-9-20(19)34-2/h3-5,7-13,16H,6,14-15,26H2,1-2H3,(H,27,33)(H,28,29,30,31)/b7-3+.